The number of nitrogens with one attached hydrogen (secondary N) is 1. The molecule has 2 aromatic rings. The molecule has 1 aromatic carbocycles. The molecule has 84 valence electrons. The van der Waals surface area contributed by atoms with Crippen LogP contribution < -0.4 is 0 Å². The van der Waals surface area contributed by atoms with E-state index in [-0.39, 0.29) is 0 Å². The lowest BCUT2D eigenvalue weighted by molar-refractivity contribution is 0.734. The molecule has 0 saturated heterocycles. The molecule has 16 heavy (non-hydrogen) atoms. The summed E-state index contributed by atoms with van der Waals surface area (Å²) in [6.07, 6.45) is 3.25. The highest BCUT2D eigenvalue weighted by molar-refractivity contribution is 7.71. The minimum absolute atomic E-state index is 0.664. The first-order valence-corrected chi connectivity index (χ1v) is 5.95. The van der Waals surface area contributed by atoms with Crippen molar-refractivity contribution in [3.8, 4) is 5.69 Å². The van der Waals surface area contributed by atoms with Crippen LogP contribution in [0.3, 0.4) is 0 Å². The highest BCUT2D eigenvalue weighted by Gasteiger charge is 2.06. The third kappa shape index (κ3) is 2.22. The molecule has 0 unspecified atom stereocenters. The van der Waals surface area contributed by atoms with Gasteiger partial charge in [-0.3, -0.25) is 9.67 Å². The summed E-state index contributed by atoms with van der Waals surface area (Å²) < 4.78 is 2.67. The van der Waals surface area contributed by atoms with E-state index in [1.165, 1.54) is 0 Å². The number of aromatic nitrogens is 3. The highest BCUT2D eigenvalue weighted by atomic mass is 32.1. The molecule has 0 aliphatic rings. The van der Waals surface area contributed by atoms with E-state index >= 15 is 0 Å². The van der Waals surface area contributed by atoms with Crippen molar-refractivity contribution >= 4 is 12.2 Å². The predicted molar refractivity (Wildman–Crippen MR) is 67.4 cm³/mol. The lowest BCUT2D eigenvalue weighted by Crippen LogP contribution is -2.01. The molecule has 0 amide bonds. The summed E-state index contributed by atoms with van der Waals surface area (Å²) in [5.74, 6) is 1.01. The molecule has 0 bridgehead atoms. The molecular formula is C12H15N3S. The Morgan fingerprint density at radius 2 is 2.06 bits per heavy atom. The Kier molecular flexibility index (Phi) is 3.51. The molecule has 4 heteroatoms. The van der Waals surface area contributed by atoms with E-state index < -0.39 is 0 Å². The number of H-pyrrole nitrogens is 1. The van der Waals surface area contributed by atoms with Gasteiger partial charge in [0.1, 0.15) is 5.82 Å². The van der Waals surface area contributed by atoms with E-state index in [0.717, 1.165) is 30.8 Å². The molecule has 0 atom stereocenters. The molecule has 2 rings (SSSR count). The summed E-state index contributed by atoms with van der Waals surface area (Å²) in [5, 5.41) is 7.14. The molecule has 0 spiro atoms. The Morgan fingerprint density at radius 3 is 2.75 bits per heavy atom. The lowest BCUT2D eigenvalue weighted by atomic mass is 10.2. The molecule has 1 N–H and O–H groups in total. The van der Waals surface area contributed by atoms with E-state index in [0.29, 0.717) is 4.77 Å². The van der Waals surface area contributed by atoms with Gasteiger partial charge < -0.3 is 0 Å². The lowest BCUT2D eigenvalue weighted by Gasteiger charge is -2.05. The average Bonchev–Trinajstić information content (AvgIpc) is 2.69. The van der Waals surface area contributed by atoms with Gasteiger partial charge in [-0.2, -0.15) is 5.10 Å². The van der Waals surface area contributed by atoms with E-state index in [9.17, 15) is 0 Å². The fraction of sp³-hybridized carbons (Fsp3) is 0.333. The Bertz CT molecular complexity index is 498. The van der Waals surface area contributed by atoms with Gasteiger partial charge in [0.15, 0.2) is 4.77 Å². The topological polar surface area (TPSA) is 33.6 Å². The minimum atomic E-state index is 0.664. The van der Waals surface area contributed by atoms with E-state index in [4.69, 9.17) is 12.2 Å². The maximum Gasteiger partial charge on any atom is 0.199 e. The molecule has 0 radical (unpaired) electrons. The quantitative estimate of drug-likeness (QED) is 0.822. The number of aryl methyl sites for hydroxylation is 1. The van der Waals surface area contributed by atoms with Gasteiger partial charge in [-0.1, -0.05) is 31.5 Å². The molecule has 1 heterocycles. The zero-order valence-corrected chi connectivity index (χ0v) is 10.1. The maximum absolute atomic E-state index is 5.25. The van der Waals surface area contributed by atoms with Crippen molar-refractivity contribution in [2.75, 3.05) is 0 Å². The molecule has 3 nitrogen and oxygen atoms in total. The van der Waals surface area contributed by atoms with Crippen molar-refractivity contribution in [1.82, 2.24) is 14.8 Å². The van der Waals surface area contributed by atoms with Crippen LogP contribution >= 0.6 is 12.2 Å². The van der Waals surface area contributed by atoms with Crippen LogP contribution in [0.25, 0.3) is 5.69 Å². The molecule has 0 saturated carbocycles. The summed E-state index contributed by atoms with van der Waals surface area (Å²) in [5.41, 5.74) is 1.08. The van der Waals surface area contributed by atoms with Crippen molar-refractivity contribution in [1.29, 1.82) is 0 Å². The first kappa shape index (κ1) is 11.1. The SMILES string of the molecule is CCCCc1n[nH]c(=S)n1-c1ccccc1. The molecule has 1 aromatic heterocycles. The molecular weight excluding hydrogens is 218 g/mol. The fourth-order valence-electron chi connectivity index (χ4n) is 1.68. The van der Waals surface area contributed by atoms with Gasteiger partial charge in [-0.05, 0) is 30.8 Å². The Balaban J connectivity index is 2.40. The summed E-state index contributed by atoms with van der Waals surface area (Å²) >= 11 is 5.25. The van der Waals surface area contributed by atoms with Crippen molar-refractivity contribution in [2.24, 2.45) is 0 Å². The summed E-state index contributed by atoms with van der Waals surface area (Å²) in [6, 6.07) is 10.1. The highest BCUT2D eigenvalue weighted by Crippen LogP contribution is 2.12. The second kappa shape index (κ2) is 5.07. The summed E-state index contributed by atoms with van der Waals surface area (Å²) in [7, 11) is 0. The molecule has 0 aliphatic heterocycles. The van der Waals surface area contributed by atoms with Crippen LogP contribution in [-0.4, -0.2) is 14.8 Å². The number of hydrogen-bond acceptors (Lipinski definition) is 2. The van der Waals surface area contributed by atoms with Crippen molar-refractivity contribution in [3.05, 3.63) is 40.9 Å². The zero-order chi connectivity index (χ0) is 11.4. The van der Waals surface area contributed by atoms with Crippen LogP contribution in [0.5, 0.6) is 0 Å². The number of hydrogen-bond donors (Lipinski definition) is 1. The van der Waals surface area contributed by atoms with Crippen molar-refractivity contribution in [2.45, 2.75) is 26.2 Å². The Hall–Kier alpha value is -1.42. The number of rotatable bonds is 4. The monoisotopic (exact) mass is 233 g/mol. The van der Waals surface area contributed by atoms with Crippen LogP contribution in [0, 0.1) is 4.77 Å². The maximum atomic E-state index is 5.25. The first-order chi connectivity index (χ1) is 7.83. The second-order valence-electron chi connectivity index (χ2n) is 3.72. The fourth-order valence-corrected chi connectivity index (χ4v) is 1.93. The number of unbranched alkanes of at least 4 members (excludes halogenated alkanes) is 1. The number of para-hydroxylation sites is 1. The van der Waals surface area contributed by atoms with Gasteiger partial charge in [0.25, 0.3) is 0 Å². The van der Waals surface area contributed by atoms with Gasteiger partial charge in [0.2, 0.25) is 0 Å². The first-order valence-electron chi connectivity index (χ1n) is 5.54. The summed E-state index contributed by atoms with van der Waals surface area (Å²) in [6.45, 7) is 2.17. The van der Waals surface area contributed by atoms with E-state index in [2.05, 4.69) is 17.1 Å². The summed E-state index contributed by atoms with van der Waals surface area (Å²) in [4.78, 5) is 0. The van der Waals surface area contributed by atoms with Gasteiger partial charge in [0.05, 0.1) is 0 Å². The van der Waals surface area contributed by atoms with Gasteiger partial charge >= 0.3 is 0 Å². The standard InChI is InChI=1S/C12H15N3S/c1-2-3-9-11-13-14-12(16)15(11)10-7-5-4-6-8-10/h4-8H,2-3,9H2,1H3,(H,14,16). The third-order valence-electron chi connectivity index (χ3n) is 2.51. The van der Waals surface area contributed by atoms with E-state index in [1.54, 1.807) is 0 Å². The zero-order valence-electron chi connectivity index (χ0n) is 9.31. The van der Waals surface area contributed by atoms with Crippen LogP contribution in [0.15, 0.2) is 30.3 Å². The van der Waals surface area contributed by atoms with Crippen molar-refractivity contribution < 1.29 is 0 Å². The van der Waals surface area contributed by atoms with Crippen LogP contribution in [-0.2, 0) is 6.42 Å². The number of nitrogens with zero attached hydrogens (tertiary/aromatic N) is 2. The number of benzene rings is 1. The molecule has 0 fully saturated rings. The average molecular weight is 233 g/mol. The number of aromatic amines is 1. The van der Waals surface area contributed by atoms with Gasteiger partial charge in [-0.15, -0.1) is 0 Å². The third-order valence-corrected chi connectivity index (χ3v) is 2.78. The van der Waals surface area contributed by atoms with E-state index in [1.807, 2.05) is 34.9 Å². The second-order valence-corrected chi connectivity index (χ2v) is 4.11. The Morgan fingerprint density at radius 1 is 1.31 bits per heavy atom. The normalized spacial score (nSPS) is 10.6. The minimum Gasteiger partial charge on any atom is -0.272 e. The Labute approximate surface area is 100 Å². The predicted octanol–water partition coefficient (Wildman–Crippen LogP) is 3.27. The van der Waals surface area contributed by atoms with Gasteiger partial charge in [-0.25, -0.2) is 0 Å². The van der Waals surface area contributed by atoms with Crippen LogP contribution in [0.2, 0.25) is 0 Å². The van der Waals surface area contributed by atoms with Crippen LogP contribution in [0.4, 0.5) is 0 Å². The largest absolute Gasteiger partial charge is 0.272 e. The molecule has 0 aliphatic carbocycles. The van der Waals surface area contributed by atoms with Crippen LogP contribution in [0.1, 0.15) is 25.6 Å². The smallest absolute Gasteiger partial charge is 0.199 e. The van der Waals surface area contributed by atoms with Crippen molar-refractivity contribution in [3.63, 3.8) is 0 Å². The van der Waals surface area contributed by atoms with Gasteiger partial charge in [0, 0.05) is 12.1 Å².